The number of rotatable bonds is 4. The minimum absolute atomic E-state index is 0.340. The lowest BCUT2D eigenvalue weighted by Crippen LogP contribution is -2.32. The first-order valence-corrected chi connectivity index (χ1v) is 6.96. The zero-order valence-corrected chi connectivity index (χ0v) is 12.1. The van der Waals surface area contributed by atoms with Crippen molar-refractivity contribution in [1.29, 1.82) is 0 Å². The van der Waals surface area contributed by atoms with Crippen molar-refractivity contribution >= 4 is 12.2 Å². The highest BCUT2D eigenvalue weighted by Gasteiger charge is 2.31. The summed E-state index contributed by atoms with van der Waals surface area (Å²) in [4.78, 5) is 8.02. The van der Waals surface area contributed by atoms with Gasteiger partial charge in [0.1, 0.15) is 16.1 Å². The maximum absolute atomic E-state index is 5.71. The summed E-state index contributed by atoms with van der Waals surface area (Å²) >= 11 is 5.41. The van der Waals surface area contributed by atoms with Gasteiger partial charge in [-0.2, -0.15) is 0 Å². The maximum atomic E-state index is 5.71. The molecule has 2 rings (SSSR count). The van der Waals surface area contributed by atoms with Crippen molar-refractivity contribution in [3.8, 4) is 0 Å². The molecule has 1 aliphatic rings. The van der Waals surface area contributed by atoms with Crippen LogP contribution in [-0.2, 0) is 23.3 Å². The van der Waals surface area contributed by atoms with Crippen LogP contribution in [0.5, 0.6) is 0 Å². The molecule has 0 radical (unpaired) electrons. The Morgan fingerprint density at radius 3 is 2.72 bits per heavy atom. The van der Waals surface area contributed by atoms with Gasteiger partial charge in [0.05, 0.1) is 0 Å². The number of aromatic amines is 1. The lowest BCUT2D eigenvalue weighted by Gasteiger charge is -2.30. The average molecular weight is 267 g/mol. The first-order chi connectivity index (χ1) is 8.66. The van der Waals surface area contributed by atoms with Gasteiger partial charge in [-0.1, -0.05) is 26.1 Å². The minimum Gasteiger partial charge on any atom is -0.370 e. The first-order valence-electron chi connectivity index (χ1n) is 6.55. The molecule has 18 heavy (non-hydrogen) atoms. The van der Waals surface area contributed by atoms with Crippen LogP contribution in [0.1, 0.15) is 43.8 Å². The number of aromatic nitrogens is 2. The SMILES string of the molecule is CCC(CC)(OC)c1nc(=S)c2c([nH]1)CCNC2. The highest BCUT2D eigenvalue weighted by atomic mass is 32.1. The van der Waals surface area contributed by atoms with E-state index in [4.69, 9.17) is 17.0 Å². The fourth-order valence-electron chi connectivity index (χ4n) is 2.55. The van der Waals surface area contributed by atoms with Crippen LogP contribution in [-0.4, -0.2) is 23.6 Å². The molecule has 0 unspecified atom stereocenters. The molecule has 0 fully saturated rings. The van der Waals surface area contributed by atoms with E-state index in [1.807, 2.05) is 0 Å². The first kappa shape index (κ1) is 13.6. The van der Waals surface area contributed by atoms with Crippen molar-refractivity contribution in [2.24, 2.45) is 0 Å². The summed E-state index contributed by atoms with van der Waals surface area (Å²) in [5.74, 6) is 0.876. The highest BCUT2D eigenvalue weighted by Crippen LogP contribution is 2.30. The molecule has 0 aliphatic carbocycles. The van der Waals surface area contributed by atoms with Gasteiger partial charge in [0.2, 0.25) is 0 Å². The summed E-state index contributed by atoms with van der Waals surface area (Å²) in [6, 6.07) is 0. The van der Waals surface area contributed by atoms with Crippen LogP contribution in [0.4, 0.5) is 0 Å². The smallest absolute Gasteiger partial charge is 0.140 e. The highest BCUT2D eigenvalue weighted by molar-refractivity contribution is 7.71. The van der Waals surface area contributed by atoms with E-state index in [1.54, 1.807) is 7.11 Å². The van der Waals surface area contributed by atoms with E-state index in [-0.39, 0.29) is 5.60 Å². The van der Waals surface area contributed by atoms with Crippen LogP contribution in [0, 0.1) is 4.64 Å². The van der Waals surface area contributed by atoms with Crippen molar-refractivity contribution in [1.82, 2.24) is 15.3 Å². The second-order valence-electron chi connectivity index (χ2n) is 4.68. The van der Waals surface area contributed by atoms with Gasteiger partial charge in [0, 0.05) is 37.9 Å². The number of fused-ring (bicyclic) bond motifs is 1. The molecule has 5 heteroatoms. The Morgan fingerprint density at radius 2 is 2.11 bits per heavy atom. The standard InChI is InChI=1S/C13H21N3OS/c1-4-13(5-2,17-3)12-15-10-6-7-14-8-9(10)11(18)16-12/h14H,4-8H2,1-3H3,(H,15,16,18). The van der Waals surface area contributed by atoms with Crippen LogP contribution >= 0.6 is 12.2 Å². The number of nitrogens with zero attached hydrogens (tertiary/aromatic N) is 1. The fraction of sp³-hybridized carbons (Fsp3) is 0.692. The molecule has 2 N–H and O–H groups in total. The molecule has 0 spiro atoms. The van der Waals surface area contributed by atoms with Gasteiger partial charge in [-0.3, -0.25) is 0 Å². The number of methoxy groups -OCH3 is 1. The number of ether oxygens (including phenoxy) is 1. The van der Waals surface area contributed by atoms with Gasteiger partial charge >= 0.3 is 0 Å². The normalized spacial score (nSPS) is 15.5. The molecule has 100 valence electrons. The third-order valence-corrected chi connectivity index (χ3v) is 4.26. The van der Waals surface area contributed by atoms with Gasteiger partial charge in [-0.15, -0.1) is 0 Å². The molecule has 0 aromatic carbocycles. The van der Waals surface area contributed by atoms with Crippen LogP contribution < -0.4 is 5.32 Å². The molecular formula is C13H21N3OS. The summed E-state index contributed by atoms with van der Waals surface area (Å²) in [7, 11) is 1.74. The van der Waals surface area contributed by atoms with Gasteiger partial charge < -0.3 is 15.0 Å². The zero-order chi connectivity index (χ0) is 13.2. The van der Waals surface area contributed by atoms with E-state index in [0.717, 1.165) is 43.7 Å². The summed E-state index contributed by atoms with van der Waals surface area (Å²) in [6.45, 7) is 6.04. The Kier molecular flexibility index (Phi) is 4.14. The predicted octanol–water partition coefficient (Wildman–Crippen LogP) is 2.45. The molecule has 4 nitrogen and oxygen atoms in total. The third-order valence-electron chi connectivity index (χ3n) is 3.92. The molecule has 0 saturated heterocycles. The molecule has 0 bridgehead atoms. The summed E-state index contributed by atoms with van der Waals surface area (Å²) in [5.41, 5.74) is 2.01. The van der Waals surface area contributed by atoms with Gasteiger partial charge in [-0.25, -0.2) is 4.98 Å². The van der Waals surface area contributed by atoms with E-state index < -0.39 is 0 Å². The topological polar surface area (TPSA) is 49.9 Å². The Hall–Kier alpha value is -0.780. The second-order valence-corrected chi connectivity index (χ2v) is 5.07. The fourth-order valence-corrected chi connectivity index (χ4v) is 2.84. The van der Waals surface area contributed by atoms with Crippen molar-refractivity contribution in [2.75, 3.05) is 13.7 Å². The van der Waals surface area contributed by atoms with E-state index in [2.05, 4.69) is 29.1 Å². The van der Waals surface area contributed by atoms with Crippen molar-refractivity contribution in [3.63, 3.8) is 0 Å². The Balaban J connectivity index is 2.52. The third kappa shape index (κ3) is 2.22. The Bertz CT molecular complexity index is 471. The average Bonchev–Trinajstić information content (AvgIpc) is 2.42. The molecule has 1 aromatic rings. The van der Waals surface area contributed by atoms with Crippen molar-refractivity contribution in [2.45, 2.75) is 45.3 Å². The molecule has 0 saturated carbocycles. The number of hydrogen-bond acceptors (Lipinski definition) is 4. The molecule has 1 aromatic heterocycles. The number of H-pyrrole nitrogens is 1. The molecule has 2 heterocycles. The quantitative estimate of drug-likeness (QED) is 0.823. The largest absolute Gasteiger partial charge is 0.370 e. The Morgan fingerprint density at radius 1 is 1.39 bits per heavy atom. The maximum Gasteiger partial charge on any atom is 0.140 e. The molecule has 0 amide bonds. The molecular weight excluding hydrogens is 246 g/mol. The van der Waals surface area contributed by atoms with Crippen molar-refractivity contribution < 1.29 is 4.74 Å². The van der Waals surface area contributed by atoms with E-state index in [1.165, 1.54) is 5.69 Å². The summed E-state index contributed by atoms with van der Waals surface area (Å²) in [6.07, 6.45) is 2.74. The number of hydrogen-bond donors (Lipinski definition) is 2. The monoisotopic (exact) mass is 267 g/mol. The van der Waals surface area contributed by atoms with Crippen LogP contribution in [0.3, 0.4) is 0 Å². The minimum atomic E-state index is -0.340. The van der Waals surface area contributed by atoms with Crippen LogP contribution in [0.25, 0.3) is 0 Å². The van der Waals surface area contributed by atoms with Gasteiger partial charge in [-0.05, 0) is 12.8 Å². The zero-order valence-electron chi connectivity index (χ0n) is 11.3. The summed E-state index contributed by atoms with van der Waals surface area (Å²) < 4.78 is 6.42. The van der Waals surface area contributed by atoms with Gasteiger partial charge in [0.15, 0.2) is 0 Å². The van der Waals surface area contributed by atoms with Crippen LogP contribution in [0.15, 0.2) is 0 Å². The molecule has 0 atom stereocenters. The van der Waals surface area contributed by atoms with E-state index >= 15 is 0 Å². The summed E-state index contributed by atoms with van der Waals surface area (Å²) in [5, 5.41) is 3.32. The van der Waals surface area contributed by atoms with E-state index in [9.17, 15) is 0 Å². The van der Waals surface area contributed by atoms with Crippen LogP contribution in [0.2, 0.25) is 0 Å². The Labute approximate surface area is 113 Å². The van der Waals surface area contributed by atoms with Gasteiger partial charge in [0.25, 0.3) is 0 Å². The lowest BCUT2D eigenvalue weighted by atomic mass is 9.95. The molecule has 1 aliphatic heterocycles. The second kappa shape index (κ2) is 5.47. The lowest BCUT2D eigenvalue weighted by molar-refractivity contribution is -0.0294. The number of nitrogens with one attached hydrogen (secondary N) is 2. The van der Waals surface area contributed by atoms with Crippen molar-refractivity contribution in [3.05, 3.63) is 21.7 Å². The van der Waals surface area contributed by atoms with E-state index in [0.29, 0.717) is 4.64 Å². The predicted molar refractivity (Wildman–Crippen MR) is 74.1 cm³/mol.